The second-order valence-electron chi connectivity index (χ2n) is 4.45. The van der Waals surface area contributed by atoms with Crippen molar-refractivity contribution in [2.24, 2.45) is 0 Å². The molecule has 0 aliphatic carbocycles. The number of halogens is 1. The third-order valence-electron chi connectivity index (χ3n) is 3.17. The van der Waals surface area contributed by atoms with E-state index in [1.807, 2.05) is 24.0 Å². The molecule has 3 nitrogen and oxygen atoms in total. The van der Waals surface area contributed by atoms with Gasteiger partial charge in [0.15, 0.2) is 0 Å². The summed E-state index contributed by atoms with van der Waals surface area (Å²) in [6, 6.07) is 7.19. The van der Waals surface area contributed by atoms with E-state index in [1.54, 1.807) is 12.1 Å². The first-order valence-corrected chi connectivity index (χ1v) is 6.75. The second kappa shape index (κ2) is 6.21. The molecule has 1 fully saturated rings. The van der Waals surface area contributed by atoms with Gasteiger partial charge in [0.2, 0.25) is 0 Å². The quantitative estimate of drug-likeness (QED) is 0.843. The lowest BCUT2D eigenvalue weighted by Crippen LogP contribution is -2.43. The molecular weight excluding hydrogens is 250 g/mol. The molecule has 1 aromatic rings. The number of amides is 1. The summed E-state index contributed by atoms with van der Waals surface area (Å²) in [6.45, 7) is 4.12. The van der Waals surface area contributed by atoms with Crippen LogP contribution in [-0.4, -0.2) is 36.6 Å². The SMILES string of the molecule is CCO[C@@H]1CCCN(C(=O)c2ccccc2Cl)C1. The topological polar surface area (TPSA) is 29.5 Å². The number of nitrogens with zero attached hydrogens (tertiary/aromatic N) is 1. The monoisotopic (exact) mass is 267 g/mol. The van der Waals surface area contributed by atoms with E-state index in [0.717, 1.165) is 19.4 Å². The molecule has 1 saturated heterocycles. The molecule has 2 rings (SSSR count). The number of rotatable bonds is 3. The van der Waals surface area contributed by atoms with Gasteiger partial charge in [-0.05, 0) is 31.9 Å². The summed E-state index contributed by atoms with van der Waals surface area (Å²) in [7, 11) is 0. The normalized spacial score (nSPS) is 19.9. The fraction of sp³-hybridized carbons (Fsp3) is 0.500. The fourth-order valence-corrected chi connectivity index (χ4v) is 2.52. The van der Waals surface area contributed by atoms with Gasteiger partial charge in [0, 0.05) is 19.7 Å². The van der Waals surface area contributed by atoms with Crippen molar-refractivity contribution in [3.63, 3.8) is 0 Å². The molecule has 0 saturated carbocycles. The van der Waals surface area contributed by atoms with Crippen LogP contribution in [0.4, 0.5) is 0 Å². The van der Waals surface area contributed by atoms with Crippen molar-refractivity contribution in [1.82, 2.24) is 4.90 Å². The summed E-state index contributed by atoms with van der Waals surface area (Å²) in [6.07, 6.45) is 2.18. The van der Waals surface area contributed by atoms with E-state index in [9.17, 15) is 4.79 Å². The van der Waals surface area contributed by atoms with E-state index < -0.39 is 0 Å². The molecule has 0 radical (unpaired) electrons. The molecule has 98 valence electrons. The minimum absolute atomic E-state index is 0.00463. The van der Waals surface area contributed by atoms with Gasteiger partial charge < -0.3 is 9.64 Å². The highest BCUT2D eigenvalue weighted by Gasteiger charge is 2.25. The van der Waals surface area contributed by atoms with Gasteiger partial charge in [-0.25, -0.2) is 0 Å². The summed E-state index contributed by atoms with van der Waals surface area (Å²) >= 11 is 6.06. The van der Waals surface area contributed by atoms with Gasteiger partial charge in [-0.1, -0.05) is 23.7 Å². The highest BCUT2D eigenvalue weighted by atomic mass is 35.5. The first kappa shape index (κ1) is 13.4. The Balaban J connectivity index is 2.07. The Kier molecular flexibility index (Phi) is 4.61. The van der Waals surface area contributed by atoms with Crippen molar-refractivity contribution in [3.8, 4) is 0 Å². The van der Waals surface area contributed by atoms with Gasteiger partial charge in [0.1, 0.15) is 0 Å². The lowest BCUT2D eigenvalue weighted by atomic mass is 10.1. The molecule has 18 heavy (non-hydrogen) atoms. The maximum atomic E-state index is 12.4. The number of hydrogen-bond acceptors (Lipinski definition) is 2. The minimum atomic E-state index is 0.00463. The Morgan fingerprint density at radius 3 is 3.00 bits per heavy atom. The van der Waals surface area contributed by atoms with Crippen LogP contribution in [0.25, 0.3) is 0 Å². The molecule has 0 bridgehead atoms. The van der Waals surface area contributed by atoms with Crippen LogP contribution in [0, 0.1) is 0 Å². The Labute approximate surface area is 113 Å². The first-order chi connectivity index (χ1) is 8.72. The zero-order chi connectivity index (χ0) is 13.0. The molecule has 1 aromatic carbocycles. The molecule has 0 N–H and O–H groups in total. The van der Waals surface area contributed by atoms with Crippen LogP contribution in [0.15, 0.2) is 24.3 Å². The lowest BCUT2D eigenvalue weighted by Gasteiger charge is -2.32. The van der Waals surface area contributed by atoms with Crippen molar-refractivity contribution in [1.29, 1.82) is 0 Å². The molecule has 1 aliphatic heterocycles. The van der Waals surface area contributed by atoms with E-state index >= 15 is 0 Å². The fourth-order valence-electron chi connectivity index (χ4n) is 2.30. The minimum Gasteiger partial charge on any atom is -0.377 e. The lowest BCUT2D eigenvalue weighted by molar-refractivity contribution is 0.00725. The second-order valence-corrected chi connectivity index (χ2v) is 4.86. The standard InChI is InChI=1S/C14H18ClNO2/c1-2-18-11-6-5-9-16(10-11)14(17)12-7-3-4-8-13(12)15/h3-4,7-8,11H,2,5-6,9-10H2,1H3/t11-/m1/s1. The predicted molar refractivity (Wildman–Crippen MR) is 72.0 cm³/mol. The number of ether oxygens (including phenoxy) is 1. The Morgan fingerprint density at radius 2 is 2.28 bits per heavy atom. The maximum Gasteiger partial charge on any atom is 0.255 e. The number of carbonyl (C=O) groups excluding carboxylic acids is 1. The Bertz CT molecular complexity index is 420. The highest BCUT2D eigenvalue weighted by Crippen LogP contribution is 2.20. The number of piperidine rings is 1. The molecule has 1 amide bonds. The molecule has 4 heteroatoms. The van der Waals surface area contributed by atoms with Crippen LogP contribution in [0.1, 0.15) is 30.1 Å². The van der Waals surface area contributed by atoms with Crippen molar-refractivity contribution < 1.29 is 9.53 Å². The summed E-state index contributed by atoms with van der Waals surface area (Å²) in [5, 5.41) is 0.515. The first-order valence-electron chi connectivity index (χ1n) is 6.37. The highest BCUT2D eigenvalue weighted by molar-refractivity contribution is 6.33. The van der Waals surface area contributed by atoms with Crippen LogP contribution in [0.5, 0.6) is 0 Å². The van der Waals surface area contributed by atoms with E-state index in [0.29, 0.717) is 23.7 Å². The summed E-state index contributed by atoms with van der Waals surface area (Å²) in [5.41, 5.74) is 0.580. The average molecular weight is 268 g/mol. The molecule has 0 aromatic heterocycles. The molecule has 0 unspecified atom stereocenters. The van der Waals surface area contributed by atoms with Crippen LogP contribution in [0.3, 0.4) is 0 Å². The van der Waals surface area contributed by atoms with Crippen LogP contribution < -0.4 is 0 Å². The molecule has 0 spiro atoms. The zero-order valence-electron chi connectivity index (χ0n) is 10.6. The maximum absolute atomic E-state index is 12.4. The third-order valence-corrected chi connectivity index (χ3v) is 3.50. The van der Waals surface area contributed by atoms with E-state index in [-0.39, 0.29) is 12.0 Å². The summed E-state index contributed by atoms with van der Waals surface area (Å²) in [4.78, 5) is 14.2. The Hall–Kier alpha value is -1.06. The predicted octanol–water partition coefficient (Wildman–Crippen LogP) is 2.98. The molecule has 1 aliphatic rings. The zero-order valence-corrected chi connectivity index (χ0v) is 11.3. The van der Waals surface area contributed by atoms with E-state index in [2.05, 4.69) is 0 Å². The van der Waals surface area contributed by atoms with Gasteiger partial charge in [-0.3, -0.25) is 4.79 Å². The third kappa shape index (κ3) is 3.03. The van der Waals surface area contributed by atoms with Crippen molar-refractivity contribution in [2.45, 2.75) is 25.9 Å². The van der Waals surface area contributed by atoms with E-state index in [1.165, 1.54) is 0 Å². The summed E-state index contributed by atoms with van der Waals surface area (Å²) in [5.74, 6) is 0.00463. The molecule has 1 heterocycles. The van der Waals surface area contributed by atoms with Crippen molar-refractivity contribution >= 4 is 17.5 Å². The smallest absolute Gasteiger partial charge is 0.255 e. The van der Waals surface area contributed by atoms with Crippen LogP contribution in [-0.2, 0) is 4.74 Å². The van der Waals surface area contributed by atoms with Crippen LogP contribution in [0.2, 0.25) is 5.02 Å². The van der Waals surface area contributed by atoms with Gasteiger partial charge in [0.05, 0.1) is 16.7 Å². The number of carbonyl (C=O) groups is 1. The number of benzene rings is 1. The number of likely N-dealkylation sites (tertiary alicyclic amines) is 1. The van der Waals surface area contributed by atoms with E-state index in [4.69, 9.17) is 16.3 Å². The molecular formula is C14H18ClNO2. The van der Waals surface area contributed by atoms with Gasteiger partial charge >= 0.3 is 0 Å². The average Bonchev–Trinajstić information content (AvgIpc) is 2.39. The van der Waals surface area contributed by atoms with Gasteiger partial charge in [0.25, 0.3) is 5.91 Å². The van der Waals surface area contributed by atoms with Crippen molar-refractivity contribution in [2.75, 3.05) is 19.7 Å². The number of hydrogen-bond donors (Lipinski definition) is 0. The van der Waals surface area contributed by atoms with Gasteiger partial charge in [-0.2, -0.15) is 0 Å². The van der Waals surface area contributed by atoms with Crippen molar-refractivity contribution in [3.05, 3.63) is 34.9 Å². The summed E-state index contributed by atoms with van der Waals surface area (Å²) < 4.78 is 5.60. The molecule has 1 atom stereocenters. The van der Waals surface area contributed by atoms with Crippen LogP contribution >= 0.6 is 11.6 Å². The Morgan fingerprint density at radius 1 is 1.50 bits per heavy atom. The largest absolute Gasteiger partial charge is 0.377 e. The van der Waals surface area contributed by atoms with Gasteiger partial charge in [-0.15, -0.1) is 0 Å².